The van der Waals surface area contributed by atoms with E-state index in [2.05, 4.69) is 26.1 Å². The van der Waals surface area contributed by atoms with E-state index in [0.29, 0.717) is 10.9 Å². The fourth-order valence-electron chi connectivity index (χ4n) is 1.70. The first kappa shape index (κ1) is 15.2. The van der Waals surface area contributed by atoms with E-state index in [9.17, 15) is 4.39 Å². The van der Waals surface area contributed by atoms with Crippen LogP contribution in [0.3, 0.4) is 0 Å². The molecule has 0 saturated heterocycles. The molecular formula is C15H21ClFN. The molecule has 0 atom stereocenters. The molecule has 0 radical (unpaired) electrons. The van der Waals surface area contributed by atoms with Crippen molar-refractivity contribution in [3.05, 3.63) is 40.2 Å². The number of halogens is 2. The molecule has 0 fully saturated rings. The highest BCUT2D eigenvalue weighted by Crippen LogP contribution is 2.19. The Balaban J connectivity index is 2.86. The summed E-state index contributed by atoms with van der Waals surface area (Å²) >= 11 is 5.86. The molecule has 0 spiro atoms. The van der Waals surface area contributed by atoms with Gasteiger partial charge in [-0.3, -0.25) is 0 Å². The van der Waals surface area contributed by atoms with Crippen molar-refractivity contribution < 1.29 is 4.39 Å². The summed E-state index contributed by atoms with van der Waals surface area (Å²) in [5, 5.41) is 3.81. The van der Waals surface area contributed by atoms with Crippen LogP contribution < -0.4 is 5.32 Å². The standard InChI is InChI=1S/C15H21ClFN/c1-4-5-18-10-13(11(2)3)6-12-7-14(16)9-15(17)8-12/h6-9,11,18H,4-5,10H2,1-3H3/b13-6-. The van der Waals surface area contributed by atoms with Crippen LogP contribution in [0.25, 0.3) is 6.08 Å². The van der Waals surface area contributed by atoms with Crippen LogP contribution in [0.2, 0.25) is 5.02 Å². The topological polar surface area (TPSA) is 12.0 Å². The van der Waals surface area contributed by atoms with Crippen molar-refractivity contribution in [2.24, 2.45) is 5.92 Å². The van der Waals surface area contributed by atoms with Gasteiger partial charge in [-0.1, -0.05) is 44.0 Å². The Bertz CT molecular complexity index is 393. The Kier molecular flexibility index (Phi) is 6.37. The van der Waals surface area contributed by atoms with Crippen LogP contribution in [0.4, 0.5) is 4.39 Å². The monoisotopic (exact) mass is 269 g/mol. The van der Waals surface area contributed by atoms with Crippen molar-refractivity contribution in [3.8, 4) is 0 Å². The van der Waals surface area contributed by atoms with Crippen molar-refractivity contribution in [3.63, 3.8) is 0 Å². The molecule has 0 aliphatic carbocycles. The zero-order chi connectivity index (χ0) is 13.5. The zero-order valence-corrected chi connectivity index (χ0v) is 12.0. The van der Waals surface area contributed by atoms with Gasteiger partial charge in [0, 0.05) is 11.6 Å². The molecule has 0 unspecified atom stereocenters. The first-order chi connectivity index (χ1) is 8.52. The third kappa shape index (κ3) is 5.19. The maximum absolute atomic E-state index is 13.3. The molecule has 3 heteroatoms. The van der Waals surface area contributed by atoms with Gasteiger partial charge in [-0.15, -0.1) is 0 Å². The Labute approximate surface area is 114 Å². The second-order valence-corrected chi connectivity index (χ2v) is 5.19. The van der Waals surface area contributed by atoms with Gasteiger partial charge >= 0.3 is 0 Å². The summed E-state index contributed by atoms with van der Waals surface area (Å²) < 4.78 is 13.3. The molecule has 0 aromatic heterocycles. The molecule has 0 heterocycles. The highest BCUT2D eigenvalue weighted by molar-refractivity contribution is 6.30. The van der Waals surface area contributed by atoms with Crippen LogP contribution in [0, 0.1) is 11.7 Å². The second kappa shape index (κ2) is 7.55. The number of benzene rings is 1. The van der Waals surface area contributed by atoms with Crippen molar-refractivity contribution in [2.75, 3.05) is 13.1 Å². The van der Waals surface area contributed by atoms with Gasteiger partial charge in [0.1, 0.15) is 5.82 Å². The lowest BCUT2D eigenvalue weighted by molar-refractivity contribution is 0.627. The highest BCUT2D eigenvalue weighted by atomic mass is 35.5. The zero-order valence-electron chi connectivity index (χ0n) is 11.3. The summed E-state index contributed by atoms with van der Waals surface area (Å²) in [7, 11) is 0. The SMILES string of the molecule is CCCNC/C(=C/c1cc(F)cc(Cl)c1)C(C)C. The second-order valence-electron chi connectivity index (χ2n) is 4.75. The van der Waals surface area contributed by atoms with E-state index in [1.165, 1.54) is 17.7 Å². The van der Waals surface area contributed by atoms with Crippen LogP contribution >= 0.6 is 11.6 Å². The van der Waals surface area contributed by atoms with Gasteiger partial charge in [-0.2, -0.15) is 0 Å². The molecule has 0 bridgehead atoms. The molecule has 18 heavy (non-hydrogen) atoms. The Morgan fingerprint density at radius 1 is 1.39 bits per heavy atom. The van der Waals surface area contributed by atoms with Crippen LogP contribution in [0.1, 0.15) is 32.8 Å². The van der Waals surface area contributed by atoms with Crippen LogP contribution in [0.5, 0.6) is 0 Å². The van der Waals surface area contributed by atoms with Crippen molar-refractivity contribution in [1.29, 1.82) is 0 Å². The normalized spacial score (nSPS) is 12.2. The smallest absolute Gasteiger partial charge is 0.125 e. The molecule has 0 amide bonds. The van der Waals surface area contributed by atoms with E-state index in [1.807, 2.05) is 6.08 Å². The summed E-state index contributed by atoms with van der Waals surface area (Å²) in [6, 6.07) is 4.62. The third-order valence-corrected chi connectivity index (χ3v) is 2.95. The van der Waals surface area contributed by atoms with E-state index >= 15 is 0 Å². The number of nitrogens with one attached hydrogen (secondary N) is 1. The fraction of sp³-hybridized carbons (Fsp3) is 0.467. The number of hydrogen-bond donors (Lipinski definition) is 1. The maximum Gasteiger partial charge on any atom is 0.125 e. The number of rotatable bonds is 6. The largest absolute Gasteiger partial charge is 0.313 e. The summed E-state index contributed by atoms with van der Waals surface area (Å²) in [5.74, 6) is 0.134. The molecule has 1 rings (SSSR count). The molecule has 100 valence electrons. The first-order valence-electron chi connectivity index (χ1n) is 6.40. The summed E-state index contributed by atoms with van der Waals surface area (Å²) in [6.45, 7) is 8.24. The van der Waals surface area contributed by atoms with Crippen LogP contribution in [-0.2, 0) is 0 Å². The molecule has 1 aromatic carbocycles. The van der Waals surface area contributed by atoms with E-state index in [1.54, 1.807) is 6.07 Å². The highest BCUT2D eigenvalue weighted by Gasteiger charge is 2.04. The Morgan fingerprint density at radius 2 is 2.11 bits per heavy atom. The van der Waals surface area contributed by atoms with Crippen molar-refractivity contribution in [2.45, 2.75) is 27.2 Å². The lowest BCUT2D eigenvalue weighted by atomic mass is 10.00. The van der Waals surface area contributed by atoms with E-state index in [-0.39, 0.29) is 5.82 Å². The quantitative estimate of drug-likeness (QED) is 0.749. The van der Waals surface area contributed by atoms with Gasteiger partial charge < -0.3 is 5.32 Å². The van der Waals surface area contributed by atoms with Crippen LogP contribution in [-0.4, -0.2) is 13.1 Å². The summed E-state index contributed by atoms with van der Waals surface area (Å²) in [6.07, 6.45) is 3.12. The summed E-state index contributed by atoms with van der Waals surface area (Å²) in [4.78, 5) is 0. The van der Waals surface area contributed by atoms with Gasteiger partial charge in [0.05, 0.1) is 0 Å². The van der Waals surface area contributed by atoms with Gasteiger partial charge in [0.2, 0.25) is 0 Å². The first-order valence-corrected chi connectivity index (χ1v) is 6.78. The molecule has 1 aromatic rings. The minimum absolute atomic E-state index is 0.293. The third-order valence-electron chi connectivity index (χ3n) is 2.73. The molecule has 1 nitrogen and oxygen atoms in total. The van der Waals surface area contributed by atoms with Crippen LogP contribution in [0.15, 0.2) is 23.8 Å². The van der Waals surface area contributed by atoms with Gasteiger partial charge in [0.25, 0.3) is 0 Å². The van der Waals surface area contributed by atoms with Crippen molar-refractivity contribution >= 4 is 17.7 Å². The van der Waals surface area contributed by atoms with E-state index < -0.39 is 0 Å². The molecule has 0 saturated carbocycles. The maximum atomic E-state index is 13.3. The van der Waals surface area contributed by atoms with E-state index in [4.69, 9.17) is 11.6 Å². The Morgan fingerprint density at radius 3 is 2.67 bits per heavy atom. The van der Waals surface area contributed by atoms with Gasteiger partial charge in [-0.25, -0.2) is 4.39 Å². The summed E-state index contributed by atoms with van der Waals surface area (Å²) in [5.41, 5.74) is 2.08. The lowest BCUT2D eigenvalue weighted by Gasteiger charge is -2.12. The molecule has 0 aliphatic rings. The minimum Gasteiger partial charge on any atom is -0.313 e. The molecular weight excluding hydrogens is 249 g/mol. The van der Waals surface area contributed by atoms with Crippen molar-refractivity contribution in [1.82, 2.24) is 5.32 Å². The molecule has 0 aliphatic heterocycles. The van der Waals surface area contributed by atoms with E-state index in [0.717, 1.165) is 25.1 Å². The lowest BCUT2D eigenvalue weighted by Crippen LogP contribution is -2.19. The molecule has 1 N–H and O–H groups in total. The average molecular weight is 270 g/mol. The fourth-order valence-corrected chi connectivity index (χ4v) is 1.93. The van der Waals surface area contributed by atoms with Gasteiger partial charge in [-0.05, 0) is 42.6 Å². The predicted molar refractivity (Wildman–Crippen MR) is 77.4 cm³/mol. The average Bonchev–Trinajstić information content (AvgIpc) is 2.26. The number of hydrogen-bond acceptors (Lipinski definition) is 1. The minimum atomic E-state index is -0.293. The Hall–Kier alpha value is -0.860. The van der Waals surface area contributed by atoms with Gasteiger partial charge in [0.15, 0.2) is 0 Å². The predicted octanol–water partition coefficient (Wildman–Crippen LogP) is 4.52.